The van der Waals surface area contributed by atoms with Crippen molar-refractivity contribution in [2.45, 2.75) is 24.8 Å². The minimum Gasteiger partial charge on any atom is -0.369 e. The van der Waals surface area contributed by atoms with Crippen LogP contribution in [-0.4, -0.2) is 31.1 Å². The van der Waals surface area contributed by atoms with Crippen molar-refractivity contribution in [1.29, 1.82) is 0 Å². The number of primary amides is 1. The first-order chi connectivity index (χ1) is 15.6. The van der Waals surface area contributed by atoms with Crippen LogP contribution < -0.4 is 11.1 Å². The molecule has 0 radical (unpaired) electrons. The van der Waals surface area contributed by atoms with Crippen molar-refractivity contribution in [2.24, 2.45) is 5.73 Å². The molecule has 0 heterocycles. The molecular formula is C24H24FN3O4S. The first kappa shape index (κ1) is 24.1. The van der Waals surface area contributed by atoms with Gasteiger partial charge < -0.3 is 11.1 Å². The zero-order valence-electron chi connectivity index (χ0n) is 18.0. The molecule has 0 aliphatic carbocycles. The van der Waals surface area contributed by atoms with Gasteiger partial charge >= 0.3 is 0 Å². The SMILES string of the molecule is Cc1ccc(S(=O)(=O)N(CC(=O)Nc2ccc(CC(N)=O)cc2)Cc2ccccc2F)cc1. The van der Waals surface area contributed by atoms with Crippen LogP contribution >= 0.6 is 0 Å². The number of hydrogen-bond acceptors (Lipinski definition) is 4. The van der Waals surface area contributed by atoms with Crippen molar-refractivity contribution in [3.8, 4) is 0 Å². The second kappa shape index (κ2) is 10.4. The molecule has 9 heteroatoms. The molecule has 0 saturated heterocycles. The molecule has 2 amide bonds. The van der Waals surface area contributed by atoms with Gasteiger partial charge in [-0.1, -0.05) is 48.0 Å². The van der Waals surface area contributed by atoms with Crippen molar-refractivity contribution in [3.63, 3.8) is 0 Å². The first-order valence-corrected chi connectivity index (χ1v) is 11.6. The average molecular weight is 470 g/mol. The third-order valence-corrected chi connectivity index (χ3v) is 6.71. The maximum absolute atomic E-state index is 14.3. The summed E-state index contributed by atoms with van der Waals surface area (Å²) < 4.78 is 41.7. The number of carbonyl (C=O) groups is 2. The number of carbonyl (C=O) groups excluding carboxylic acids is 2. The lowest BCUT2D eigenvalue weighted by molar-refractivity contribution is -0.117. The lowest BCUT2D eigenvalue weighted by atomic mass is 10.1. The summed E-state index contributed by atoms with van der Waals surface area (Å²) in [4.78, 5) is 23.7. The van der Waals surface area contributed by atoms with Gasteiger partial charge in [0.25, 0.3) is 0 Å². The number of anilines is 1. The number of hydrogen-bond donors (Lipinski definition) is 2. The monoisotopic (exact) mass is 469 g/mol. The van der Waals surface area contributed by atoms with E-state index in [9.17, 15) is 22.4 Å². The van der Waals surface area contributed by atoms with Gasteiger partial charge in [-0.2, -0.15) is 4.31 Å². The predicted molar refractivity (Wildman–Crippen MR) is 123 cm³/mol. The molecule has 0 fully saturated rings. The van der Waals surface area contributed by atoms with E-state index in [0.717, 1.165) is 9.87 Å². The fraction of sp³-hybridized carbons (Fsp3) is 0.167. The topological polar surface area (TPSA) is 110 Å². The number of rotatable bonds is 9. The molecule has 3 aromatic carbocycles. The van der Waals surface area contributed by atoms with Gasteiger partial charge in [0.1, 0.15) is 5.82 Å². The molecule has 0 aliphatic rings. The predicted octanol–water partition coefficient (Wildman–Crippen LogP) is 2.99. The van der Waals surface area contributed by atoms with Crippen molar-refractivity contribution in [1.82, 2.24) is 4.31 Å². The van der Waals surface area contributed by atoms with Gasteiger partial charge in [-0.25, -0.2) is 12.8 Å². The molecule has 7 nitrogen and oxygen atoms in total. The molecule has 0 bridgehead atoms. The Morgan fingerprint density at radius 3 is 2.21 bits per heavy atom. The van der Waals surface area contributed by atoms with Crippen LogP contribution in [0, 0.1) is 12.7 Å². The van der Waals surface area contributed by atoms with Crippen molar-refractivity contribution in [3.05, 3.63) is 95.3 Å². The van der Waals surface area contributed by atoms with Gasteiger partial charge in [-0.3, -0.25) is 9.59 Å². The number of aryl methyl sites for hydroxylation is 1. The molecule has 3 rings (SSSR count). The number of benzene rings is 3. The highest BCUT2D eigenvalue weighted by Gasteiger charge is 2.27. The fourth-order valence-corrected chi connectivity index (χ4v) is 4.54. The highest BCUT2D eigenvalue weighted by atomic mass is 32.2. The summed E-state index contributed by atoms with van der Waals surface area (Å²) in [6, 6.07) is 18.5. The van der Waals surface area contributed by atoms with Crippen molar-refractivity contribution >= 4 is 27.5 Å². The molecule has 33 heavy (non-hydrogen) atoms. The summed E-state index contributed by atoms with van der Waals surface area (Å²) >= 11 is 0. The minimum atomic E-state index is -4.09. The number of nitrogens with two attached hydrogens (primary N) is 1. The Morgan fingerprint density at radius 1 is 0.970 bits per heavy atom. The van der Waals surface area contributed by atoms with Crippen LogP contribution in [0.5, 0.6) is 0 Å². The third-order valence-electron chi connectivity index (χ3n) is 4.90. The summed E-state index contributed by atoms with van der Waals surface area (Å²) in [7, 11) is -4.09. The third kappa shape index (κ3) is 6.47. The highest BCUT2D eigenvalue weighted by molar-refractivity contribution is 7.89. The lowest BCUT2D eigenvalue weighted by Gasteiger charge is -2.22. The van der Waals surface area contributed by atoms with Gasteiger partial charge in [0.15, 0.2) is 0 Å². The van der Waals surface area contributed by atoms with E-state index in [2.05, 4.69) is 5.32 Å². The van der Waals surface area contributed by atoms with E-state index in [1.165, 1.54) is 30.3 Å². The molecule has 172 valence electrons. The van der Waals surface area contributed by atoms with Crippen LogP contribution in [0.4, 0.5) is 10.1 Å². The van der Waals surface area contributed by atoms with Crippen molar-refractivity contribution < 1.29 is 22.4 Å². The van der Waals surface area contributed by atoms with Crippen LogP contribution in [0.2, 0.25) is 0 Å². The molecule has 3 N–H and O–H groups in total. The Labute approximate surface area is 192 Å². The summed E-state index contributed by atoms with van der Waals surface area (Å²) in [6.07, 6.45) is 0.0689. The van der Waals surface area contributed by atoms with Gasteiger partial charge in [-0.15, -0.1) is 0 Å². The van der Waals surface area contributed by atoms with E-state index < -0.39 is 34.2 Å². The summed E-state index contributed by atoms with van der Waals surface area (Å²) in [5.74, 6) is -1.63. The maximum atomic E-state index is 14.3. The van der Waals surface area contributed by atoms with E-state index in [-0.39, 0.29) is 23.4 Å². The van der Waals surface area contributed by atoms with Gasteiger partial charge in [0.2, 0.25) is 21.8 Å². The number of halogens is 1. The van der Waals surface area contributed by atoms with Crippen LogP contribution in [-0.2, 0) is 32.6 Å². The van der Waals surface area contributed by atoms with Gasteiger partial charge in [0, 0.05) is 17.8 Å². The van der Waals surface area contributed by atoms with Crippen LogP contribution in [0.3, 0.4) is 0 Å². The molecule has 0 spiro atoms. The van der Waals surface area contributed by atoms with E-state index >= 15 is 0 Å². The van der Waals surface area contributed by atoms with Crippen LogP contribution in [0.15, 0.2) is 77.7 Å². The van der Waals surface area contributed by atoms with Crippen molar-refractivity contribution in [2.75, 3.05) is 11.9 Å². The normalized spacial score (nSPS) is 11.4. The Kier molecular flexibility index (Phi) is 7.57. The molecule has 0 saturated carbocycles. The minimum absolute atomic E-state index is 0.00745. The number of nitrogens with zero attached hydrogens (tertiary/aromatic N) is 1. The summed E-state index contributed by atoms with van der Waals surface area (Å²) in [5.41, 5.74) is 7.31. The fourth-order valence-electron chi connectivity index (χ4n) is 3.17. The van der Waals surface area contributed by atoms with Crippen LogP contribution in [0.1, 0.15) is 16.7 Å². The van der Waals surface area contributed by atoms with Crippen LogP contribution in [0.25, 0.3) is 0 Å². The molecule has 0 aromatic heterocycles. The number of nitrogens with one attached hydrogen (secondary N) is 1. The zero-order chi connectivity index (χ0) is 24.0. The number of sulfonamides is 1. The first-order valence-electron chi connectivity index (χ1n) is 10.1. The molecule has 0 atom stereocenters. The van der Waals surface area contributed by atoms with Gasteiger partial charge in [0.05, 0.1) is 17.9 Å². The molecule has 0 aliphatic heterocycles. The van der Waals surface area contributed by atoms with Gasteiger partial charge in [-0.05, 0) is 42.8 Å². The quantitative estimate of drug-likeness (QED) is 0.502. The Hall–Kier alpha value is -3.56. The van der Waals surface area contributed by atoms with E-state index in [1.807, 2.05) is 6.92 Å². The second-order valence-corrected chi connectivity index (χ2v) is 9.50. The Balaban J connectivity index is 1.83. The largest absolute Gasteiger partial charge is 0.369 e. The molecule has 0 unspecified atom stereocenters. The van der Waals surface area contributed by atoms with E-state index in [0.29, 0.717) is 11.3 Å². The standard InChI is InChI=1S/C24H24FN3O4S/c1-17-6-12-21(13-7-17)33(31,32)28(15-19-4-2-3-5-22(19)25)16-24(30)27-20-10-8-18(9-11-20)14-23(26)29/h2-13H,14-16H2,1H3,(H2,26,29)(H,27,30). The van der Waals surface area contributed by atoms with E-state index in [1.54, 1.807) is 42.5 Å². The number of amides is 2. The second-order valence-electron chi connectivity index (χ2n) is 7.57. The maximum Gasteiger partial charge on any atom is 0.243 e. The summed E-state index contributed by atoms with van der Waals surface area (Å²) in [6.45, 7) is 0.997. The average Bonchev–Trinajstić information content (AvgIpc) is 2.76. The molecule has 3 aromatic rings. The Morgan fingerprint density at radius 2 is 1.61 bits per heavy atom. The zero-order valence-corrected chi connectivity index (χ0v) is 18.8. The lowest BCUT2D eigenvalue weighted by Crippen LogP contribution is -2.37. The molecular weight excluding hydrogens is 445 g/mol. The van der Waals surface area contributed by atoms with E-state index in [4.69, 9.17) is 5.73 Å². The Bertz CT molecular complexity index is 1240. The summed E-state index contributed by atoms with van der Waals surface area (Å²) in [5, 5.41) is 2.63. The smallest absolute Gasteiger partial charge is 0.243 e. The highest BCUT2D eigenvalue weighted by Crippen LogP contribution is 2.21.